The topological polar surface area (TPSA) is 38.8 Å². The summed E-state index contributed by atoms with van der Waals surface area (Å²) in [6, 6.07) is 24.5. The summed E-state index contributed by atoms with van der Waals surface area (Å²) in [6.45, 7) is 0.463. The first kappa shape index (κ1) is 18.8. The Kier molecular flexibility index (Phi) is 6.34. The van der Waals surface area contributed by atoms with E-state index < -0.39 is 0 Å². The summed E-state index contributed by atoms with van der Waals surface area (Å²) in [6.07, 6.45) is 0. The molecule has 0 radical (unpaired) electrons. The summed E-state index contributed by atoms with van der Waals surface area (Å²) in [5, 5.41) is 0. The average Bonchev–Trinajstić information content (AvgIpc) is 2.73. The number of carbonyl (C=O) groups excluding carboxylic acids is 1. The van der Waals surface area contributed by atoms with Gasteiger partial charge in [-0.2, -0.15) is 0 Å². The van der Waals surface area contributed by atoms with Crippen LogP contribution < -0.4 is 14.4 Å². The number of carbonyl (C=O) groups is 1. The van der Waals surface area contributed by atoms with Gasteiger partial charge in [-0.25, -0.2) is 0 Å². The summed E-state index contributed by atoms with van der Waals surface area (Å²) in [5.41, 5.74) is 1.81. The Labute approximate surface area is 163 Å². The standard InChI is InChI=1S/C22H20ClNO3/c1-26-19-11-13-21(14-12-19)27-20-9-7-18(8-10-20)24(22(25)15-23)16-17-5-3-2-4-6-17/h2-14H,15-16H2,1H3. The molecule has 0 fully saturated rings. The van der Waals surface area contributed by atoms with E-state index >= 15 is 0 Å². The van der Waals surface area contributed by atoms with Crippen LogP contribution in [0, 0.1) is 0 Å². The van der Waals surface area contributed by atoms with Crippen LogP contribution in [0.25, 0.3) is 0 Å². The maximum Gasteiger partial charge on any atom is 0.242 e. The average molecular weight is 382 g/mol. The minimum absolute atomic E-state index is 0.0725. The fourth-order valence-corrected chi connectivity index (χ4v) is 2.78. The molecule has 3 aromatic rings. The minimum atomic E-state index is -0.149. The molecule has 0 atom stereocenters. The summed E-state index contributed by atoms with van der Waals surface area (Å²) in [7, 11) is 1.62. The number of amides is 1. The van der Waals surface area contributed by atoms with Crippen molar-refractivity contribution in [3.63, 3.8) is 0 Å². The predicted molar refractivity (Wildman–Crippen MR) is 108 cm³/mol. The highest BCUT2D eigenvalue weighted by atomic mass is 35.5. The molecule has 0 saturated heterocycles. The van der Waals surface area contributed by atoms with E-state index in [0.717, 1.165) is 17.0 Å². The van der Waals surface area contributed by atoms with E-state index in [1.54, 1.807) is 12.0 Å². The van der Waals surface area contributed by atoms with Crippen molar-refractivity contribution in [2.45, 2.75) is 6.54 Å². The molecule has 3 aromatic carbocycles. The third-order valence-corrected chi connectivity index (χ3v) is 4.27. The van der Waals surface area contributed by atoms with E-state index in [2.05, 4.69) is 0 Å². The molecule has 3 rings (SSSR count). The van der Waals surface area contributed by atoms with Crippen LogP contribution in [0.3, 0.4) is 0 Å². The molecule has 0 aliphatic heterocycles. The van der Waals surface area contributed by atoms with Crippen molar-refractivity contribution in [1.82, 2.24) is 0 Å². The number of alkyl halides is 1. The number of halogens is 1. The van der Waals surface area contributed by atoms with Gasteiger partial charge in [0.05, 0.1) is 13.7 Å². The van der Waals surface area contributed by atoms with Crippen LogP contribution in [-0.2, 0) is 11.3 Å². The molecule has 0 N–H and O–H groups in total. The molecule has 27 heavy (non-hydrogen) atoms. The highest BCUT2D eigenvalue weighted by Crippen LogP contribution is 2.27. The molecule has 0 aliphatic rings. The Morgan fingerprint density at radius 3 is 1.96 bits per heavy atom. The number of hydrogen-bond acceptors (Lipinski definition) is 3. The molecular formula is C22H20ClNO3. The third-order valence-electron chi connectivity index (χ3n) is 4.04. The van der Waals surface area contributed by atoms with Gasteiger partial charge < -0.3 is 14.4 Å². The van der Waals surface area contributed by atoms with Gasteiger partial charge in [0.2, 0.25) is 5.91 Å². The van der Waals surface area contributed by atoms with Crippen LogP contribution >= 0.6 is 11.6 Å². The zero-order valence-corrected chi connectivity index (χ0v) is 15.7. The van der Waals surface area contributed by atoms with Gasteiger partial charge in [0.1, 0.15) is 23.1 Å². The van der Waals surface area contributed by atoms with E-state index in [1.165, 1.54) is 0 Å². The number of hydrogen-bond donors (Lipinski definition) is 0. The fourth-order valence-electron chi connectivity index (χ4n) is 2.64. The molecule has 138 valence electrons. The quantitative estimate of drug-likeness (QED) is 0.524. The molecule has 0 aromatic heterocycles. The normalized spacial score (nSPS) is 10.3. The maximum atomic E-state index is 12.3. The lowest BCUT2D eigenvalue weighted by Gasteiger charge is -2.22. The first-order valence-electron chi connectivity index (χ1n) is 8.52. The van der Waals surface area contributed by atoms with Gasteiger partial charge in [-0.3, -0.25) is 4.79 Å². The van der Waals surface area contributed by atoms with Gasteiger partial charge in [0, 0.05) is 5.69 Å². The van der Waals surface area contributed by atoms with Gasteiger partial charge in [-0.1, -0.05) is 30.3 Å². The van der Waals surface area contributed by atoms with Crippen molar-refractivity contribution in [2.24, 2.45) is 0 Å². The van der Waals surface area contributed by atoms with E-state index in [-0.39, 0.29) is 11.8 Å². The summed E-state index contributed by atoms with van der Waals surface area (Å²) >= 11 is 5.80. The number of benzene rings is 3. The van der Waals surface area contributed by atoms with Gasteiger partial charge in [0.15, 0.2) is 0 Å². The van der Waals surface area contributed by atoms with E-state index in [1.807, 2.05) is 78.9 Å². The molecule has 5 heteroatoms. The van der Waals surface area contributed by atoms with Crippen molar-refractivity contribution in [3.8, 4) is 17.2 Å². The van der Waals surface area contributed by atoms with Crippen LogP contribution in [-0.4, -0.2) is 18.9 Å². The first-order chi connectivity index (χ1) is 13.2. The fraction of sp³-hybridized carbons (Fsp3) is 0.136. The van der Waals surface area contributed by atoms with Gasteiger partial charge in [-0.15, -0.1) is 11.6 Å². The zero-order valence-electron chi connectivity index (χ0n) is 15.0. The van der Waals surface area contributed by atoms with E-state index in [4.69, 9.17) is 21.1 Å². The summed E-state index contributed by atoms with van der Waals surface area (Å²) < 4.78 is 11.0. The second-order valence-electron chi connectivity index (χ2n) is 5.87. The maximum absolute atomic E-state index is 12.3. The van der Waals surface area contributed by atoms with Gasteiger partial charge in [0.25, 0.3) is 0 Å². The Morgan fingerprint density at radius 1 is 0.852 bits per heavy atom. The van der Waals surface area contributed by atoms with Crippen LogP contribution in [0.5, 0.6) is 17.2 Å². The Bertz CT molecular complexity index is 864. The van der Waals surface area contributed by atoms with Crippen molar-refractivity contribution in [2.75, 3.05) is 17.9 Å². The van der Waals surface area contributed by atoms with E-state index in [9.17, 15) is 4.79 Å². The summed E-state index contributed by atoms with van der Waals surface area (Å²) in [4.78, 5) is 14.0. The number of nitrogens with zero attached hydrogens (tertiary/aromatic N) is 1. The highest BCUT2D eigenvalue weighted by Gasteiger charge is 2.15. The molecule has 0 bridgehead atoms. The Hall–Kier alpha value is -2.98. The number of methoxy groups -OCH3 is 1. The summed E-state index contributed by atoms with van der Waals surface area (Å²) in [5.74, 6) is 1.94. The Morgan fingerprint density at radius 2 is 1.41 bits per heavy atom. The van der Waals surface area contributed by atoms with Gasteiger partial charge >= 0.3 is 0 Å². The molecule has 0 saturated carbocycles. The number of anilines is 1. The van der Waals surface area contributed by atoms with Crippen LogP contribution in [0.1, 0.15) is 5.56 Å². The molecule has 4 nitrogen and oxygen atoms in total. The van der Waals surface area contributed by atoms with Gasteiger partial charge in [-0.05, 0) is 54.1 Å². The second kappa shape index (κ2) is 9.10. The monoisotopic (exact) mass is 381 g/mol. The molecule has 0 heterocycles. The highest BCUT2D eigenvalue weighted by molar-refractivity contribution is 6.29. The van der Waals surface area contributed by atoms with Crippen molar-refractivity contribution >= 4 is 23.2 Å². The van der Waals surface area contributed by atoms with Crippen LogP contribution in [0.4, 0.5) is 5.69 Å². The van der Waals surface area contributed by atoms with E-state index in [0.29, 0.717) is 18.0 Å². The minimum Gasteiger partial charge on any atom is -0.497 e. The second-order valence-corrected chi connectivity index (χ2v) is 6.14. The lowest BCUT2D eigenvalue weighted by Crippen LogP contribution is -2.31. The van der Waals surface area contributed by atoms with Crippen LogP contribution in [0.15, 0.2) is 78.9 Å². The van der Waals surface area contributed by atoms with Crippen LogP contribution in [0.2, 0.25) is 0 Å². The smallest absolute Gasteiger partial charge is 0.242 e. The molecule has 0 spiro atoms. The van der Waals surface area contributed by atoms with Crippen molar-refractivity contribution in [1.29, 1.82) is 0 Å². The first-order valence-corrected chi connectivity index (χ1v) is 9.05. The molecular weight excluding hydrogens is 362 g/mol. The largest absolute Gasteiger partial charge is 0.497 e. The number of ether oxygens (including phenoxy) is 2. The number of rotatable bonds is 7. The third kappa shape index (κ3) is 5.02. The zero-order chi connectivity index (χ0) is 19.1. The van der Waals surface area contributed by atoms with Crippen molar-refractivity contribution in [3.05, 3.63) is 84.4 Å². The van der Waals surface area contributed by atoms with Crippen molar-refractivity contribution < 1.29 is 14.3 Å². The predicted octanol–water partition coefficient (Wildman–Crippen LogP) is 5.26. The molecule has 1 amide bonds. The Balaban J connectivity index is 1.75. The molecule has 0 unspecified atom stereocenters. The lowest BCUT2D eigenvalue weighted by atomic mass is 10.2. The molecule has 0 aliphatic carbocycles. The lowest BCUT2D eigenvalue weighted by molar-refractivity contribution is -0.116. The SMILES string of the molecule is COc1ccc(Oc2ccc(N(Cc3ccccc3)C(=O)CCl)cc2)cc1.